The lowest BCUT2D eigenvalue weighted by molar-refractivity contribution is -0.135. The zero-order valence-electron chi connectivity index (χ0n) is 15.8. The Kier molecular flexibility index (Phi) is 4.58. The molecule has 4 rings (SSSR count). The lowest BCUT2D eigenvalue weighted by Crippen LogP contribution is -2.34. The van der Waals surface area contributed by atoms with E-state index >= 15 is 0 Å². The zero-order chi connectivity index (χ0) is 20.0. The van der Waals surface area contributed by atoms with Crippen molar-refractivity contribution in [2.45, 2.75) is 38.5 Å². The van der Waals surface area contributed by atoms with Gasteiger partial charge in [-0.05, 0) is 44.2 Å². The molecule has 2 aliphatic heterocycles. The molecule has 1 aliphatic carbocycles. The maximum atomic E-state index is 11.6. The van der Waals surface area contributed by atoms with Crippen LogP contribution in [-0.2, 0) is 11.3 Å². The Labute approximate surface area is 166 Å². The molecule has 1 unspecified atom stereocenters. The number of carbonyl (C=O) groups is 1. The number of hydrogen-bond acceptors (Lipinski definition) is 9. The van der Waals surface area contributed by atoms with Crippen LogP contribution in [0.5, 0.6) is 5.75 Å². The fraction of sp³-hybridized carbons (Fsp3) is 0.389. The molecule has 3 aliphatic rings. The van der Waals surface area contributed by atoms with Crippen molar-refractivity contribution in [2.75, 3.05) is 7.11 Å². The van der Waals surface area contributed by atoms with Gasteiger partial charge in [0.1, 0.15) is 23.3 Å². The average Bonchev–Trinajstić information content (AvgIpc) is 3.01. The summed E-state index contributed by atoms with van der Waals surface area (Å²) in [7, 11) is 1.64. The van der Waals surface area contributed by atoms with Gasteiger partial charge in [-0.3, -0.25) is 9.78 Å². The number of nitrogens with zero attached hydrogens (tertiary/aromatic N) is 5. The van der Waals surface area contributed by atoms with Crippen LogP contribution in [0.15, 0.2) is 31.9 Å². The highest BCUT2D eigenvalue weighted by atomic mass is 32.2. The quantitative estimate of drug-likeness (QED) is 0.738. The minimum Gasteiger partial charge on any atom is -0.496 e. The predicted octanol–water partition coefficient (Wildman–Crippen LogP) is 1.80. The first-order valence-electron chi connectivity index (χ1n) is 8.79. The molecule has 146 valence electrons. The van der Waals surface area contributed by atoms with Gasteiger partial charge < -0.3 is 15.6 Å². The van der Waals surface area contributed by atoms with Gasteiger partial charge in [-0.15, -0.1) is 0 Å². The van der Waals surface area contributed by atoms with Crippen LogP contribution in [0.1, 0.15) is 29.7 Å². The van der Waals surface area contributed by atoms with E-state index in [4.69, 9.17) is 10.5 Å². The Morgan fingerprint density at radius 2 is 2.18 bits per heavy atom. The predicted molar refractivity (Wildman–Crippen MR) is 108 cm³/mol. The van der Waals surface area contributed by atoms with Crippen LogP contribution >= 0.6 is 11.9 Å². The van der Waals surface area contributed by atoms with Crippen molar-refractivity contribution < 1.29 is 14.6 Å². The van der Waals surface area contributed by atoms with Gasteiger partial charge >= 0.3 is 5.97 Å². The highest BCUT2D eigenvalue weighted by Crippen LogP contribution is 2.38. The Morgan fingerprint density at radius 1 is 1.39 bits per heavy atom. The summed E-state index contributed by atoms with van der Waals surface area (Å²) >= 11 is 0.962. The van der Waals surface area contributed by atoms with E-state index in [1.165, 1.54) is 0 Å². The standard InChI is InChI=1S/C18H20N6O3S/c1-8-6-20-12(9(2)15(8)27-3)7-24-21-11-5-4-10-13(11)14(22-24)17(19)23-28-16(10)18(25)26/h6,16H,4-5,7H2,1-3H3,(H2,19,23)(H,25,26). The Morgan fingerprint density at radius 3 is 2.89 bits per heavy atom. The van der Waals surface area contributed by atoms with Gasteiger partial charge in [-0.1, -0.05) is 0 Å². The molecule has 1 aromatic rings. The molecule has 3 N–H and O–H groups in total. The van der Waals surface area contributed by atoms with E-state index in [0.717, 1.165) is 51.4 Å². The van der Waals surface area contributed by atoms with E-state index in [9.17, 15) is 9.90 Å². The van der Waals surface area contributed by atoms with Crippen molar-refractivity contribution >= 4 is 35.2 Å². The van der Waals surface area contributed by atoms with Crippen LogP contribution < -0.4 is 10.5 Å². The molecule has 0 amide bonds. The molecule has 1 aromatic heterocycles. The van der Waals surface area contributed by atoms with Crippen molar-refractivity contribution in [1.82, 2.24) is 10.1 Å². The highest BCUT2D eigenvalue weighted by molar-refractivity contribution is 7.99. The highest BCUT2D eigenvalue weighted by Gasteiger charge is 2.39. The molecule has 0 fully saturated rings. The number of hydrogen-bond donors (Lipinski definition) is 2. The van der Waals surface area contributed by atoms with E-state index in [2.05, 4.69) is 19.6 Å². The summed E-state index contributed by atoms with van der Waals surface area (Å²) in [6.45, 7) is 4.24. The topological polar surface area (TPSA) is 126 Å². The molecule has 1 atom stereocenters. The molecule has 3 heterocycles. The maximum Gasteiger partial charge on any atom is 0.322 e. The molecule has 0 bridgehead atoms. The minimum atomic E-state index is -0.930. The van der Waals surface area contributed by atoms with Gasteiger partial charge in [0.2, 0.25) is 0 Å². The molecular weight excluding hydrogens is 380 g/mol. The largest absolute Gasteiger partial charge is 0.496 e. The van der Waals surface area contributed by atoms with E-state index in [-0.39, 0.29) is 5.84 Å². The first kappa shape index (κ1) is 18.5. The second kappa shape index (κ2) is 6.93. The fourth-order valence-electron chi connectivity index (χ4n) is 3.69. The molecule has 0 radical (unpaired) electrons. The maximum absolute atomic E-state index is 11.6. The summed E-state index contributed by atoms with van der Waals surface area (Å²) in [4.78, 5) is 16.1. The second-order valence-corrected chi connectivity index (χ2v) is 7.64. The third kappa shape index (κ3) is 2.93. The number of ether oxygens (including phenoxy) is 1. The smallest absolute Gasteiger partial charge is 0.322 e. The monoisotopic (exact) mass is 400 g/mol. The summed E-state index contributed by atoms with van der Waals surface area (Å²) in [6.07, 6.45) is 3.03. The number of aryl methyl sites for hydroxylation is 1. The lowest BCUT2D eigenvalue weighted by Gasteiger charge is -2.23. The van der Waals surface area contributed by atoms with Crippen LogP contribution in [0.25, 0.3) is 0 Å². The minimum absolute atomic E-state index is 0.215. The first-order valence-corrected chi connectivity index (χ1v) is 9.63. The molecule has 0 saturated heterocycles. The number of methoxy groups -OCH3 is 1. The number of rotatable bonds is 4. The molecule has 0 saturated carbocycles. The zero-order valence-corrected chi connectivity index (χ0v) is 16.6. The Hall–Kier alpha value is -2.88. The number of nitrogens with two attached hydrogens (primary N) is 1. The van der Waals surface area contributed by atoms with E-state index in [1.807, 2.05) is 13.8 Å². The fourth-order valence-corrected chi connectivity index (χ4v) is 4.45. The number of amidine groups is 1. The van der Waals surface area contributed by atoms with Crippen molar-refractivity contribution in [2.24, 2.45) is 20.3 Å². The van der Waals surface area contributed by atoms with Gasteiger partial charge in [0.05, 0.1) is 18.5 Å². The van der Waals surface area contributed by atoms with E-state index < -0.39 is 11.2 Å². The van der Waals surface area contributed by atoms with Crippen molar-refractivity contribution in [3.63, 3.8) is 0 Å². The molecule has 0 spiro atoms. The van der Waals surface area contributed by atoms with Gasteiger partial charge in [0, 0.05) is 22.9 Å². The number of carboxylic acid groups (broad SMARTS) is 1. The van der Waals surface area contributed by atoms with Crippen LogP contribution in [0, 0.1) is 13.8 Å². The second-order valence-electron chi connectivity index (χ2n) is 6.77. The average molecular weight is 400 g/mol. The SMILES string of the molecule is COc1c(C)cnc(CN2N=C3CCC4=C3C(=N2)C(N)=NSC4C(=O)O)c1C. The molecule has 28 heavy (non-hydrogen) atoms. The number of pyridine rings is 1. The lowest BCUT2D eigenvalue weighted by atomic mass is 10.0. The van der Waals surface area contributed by atoms with E-state index in [1.54, 1.807) is 18.4 Å². The van der Waals surface area contributed by atoms with Gasteiger partial charge in [-0.25, -0.2) is 0 Å². The third-order valence-electron chi connectivity index (χ3n) is 5.01. The van der Waals surface area contributed by atoms with Crippen molar-refractivity contribution in [3.05, 3.63) is 34.2 Å². The summed E-state index contributed by atoms with van der Waals surface area (Å²) in [5, 5.41) is 19.5. The summed E-state index contributed by atoms with van der Waals surface area (Å²) < 4.78 is 9.64. The summed E-state index contributed by atoms with van der Waals surface area (Å²) in [5.74, 6) is 0.0783. The summed E-state index contributed by atoms with van der Waals surface area (Å²) in [6, 6.07) is 0. The molecular formula is C18H20N6O3S. The summed E-state index contributed by atoms with van der Waals surface area (Å²) in [5.41, 5.74) is 11.6. The van der Waals surface area contributed by atoms with E-state index in [0.29, 0.717) is 25.1 Å². The molecule has 0 aromatic carbocycles. The van der Waals surface area contributed by atoms with Crippen LogP contribution in [0.2, 0.25) is 0 Å². The Balaban J connectivity index is 1.73. The van der Waals surface area contributed by atoms with Crippen LogP contribution in [0.4, 0.5) is 0 Å². The Bertz CT molecular complexity index is 997. The van der Waals surface area contributed by atoms with Gasteiger partial charge in [0.25, 0.3) is 0 Å². The normalized spacial score (nSPS) is 20.9. The first-order chi connectivity index (χ1) is 13.4. The van der Waals surface area contributed by atoms with Crippen LogP contribution in [0.3, 0.4) is 0 Å². The van der Waals surface area contributed by atoms with Crippen molar-refractivity contribution in [1.29, 1.82) is 0 Å². The van der Waals surface area contributed by atoms with Crippen LogP contribution in [-0.4, -0.2) is 50.8 Å². The number of aromatic nitrogens is 1. The van der Waals surface area contributed by atoms with Gasteiger partial charge in [0.15, 0.2) is 5.84 Å². The molecule has 9 nitrogen and oxygen atoms in total. The third-order valence-corrected chi connectivity index (χ3v) is 6.01. The number of hydrazone groups is 2. The molecule has 10 heteroatoms. The van der Waals surface area contributed by atoms with Gasteiger partial charge in [-0.2, -0.15) is 19.7 Å². The number of aliphatic carboxylic acids is 1. The number of carboxylic acids is 1. The van der Waals surface area contributed by atoms with Crippen molar-refractivity contribution in [3.8, 4) is 5.75 Å².